The Morgan fingerprint density at radius 2 is 2.21 bits per heavy atom. The van der Waals surface area contributed by atoms with Crippen LogP contribution in [0, 0.1) is 5.92 Å². The smallest absolute Gasteiger partial charge is 0.317 e. The van der Waals surface area contributed by atoms with Crippen LogP contribution in [0.2, 0.25) is 0 Å². The first kappa shape index (κ1) is 9.73. The molecular weight excluding hydrogens is 182 g/mol. The topological polar surface area (TPSA) is 55.8 Å². The molecule has 0 atom stereocenters. The third-order valence-electron chi connectivity index (χ3n) is 2.92. The van der Waals surface area contributed by atoms with Crippen molar-refractivity contribution in [3.8, 4) is 0 Å². The summed E-state index contributed by atoms with van der Waals surface area (Å²) in [5.41, 5.74) is 0. The lowest BCUT2D eigenvalue weighted by atomic mass is 10.0. The number of carbonyl (C=O) groups excluding carboxylic acids is 1. The maximum atomic E-state index is 11.2. The van der Waals surface area contributed by atoms with E-state index in [9.17, 15) is 4.79 Å². The van der Waals surface area contributed by atoms with Gasteiger partial charge in [0.25, 0.3) is 0 Å². The number of aliphatic hydroxyl groups is 1. The molecule has 80 valence electrons. The lowest BCUT2D eigenvalue weighted by Crippen LogP contribution is -2.51. The molecule has 0 aromatic carbocycles. The summed E-state index contributed by atoms with van der Waals surface area (Å²) >= 11 is 0. The number of likely N-dealkylation sites (tertiary alicyclic amines) is 1. The third-order valence-corrected chi connectivity index (χ3v) is 2.92. The van der Waals surface area contributed by atoms with Gasteiger partial charge in [-0.05, 0) is 0 Å². The van der Waals surface area contributed by atoms with E-state index in [4.69, 9.17) is 5.11 Å². The van der Waals surface area contributed by atoms with E-state index < -0.39 is 0 Å². The number of rotatable bonds is 4. The Hall–Kier alpha value is -0.810. The Labute approximate surface area is 83.7 Å². The van der Waals surface area contributed by atoms with Crippen LogP contribution in [-0.2, 0) is 0 Å². The van der Waals surface area contributed by atoms with Crippen molar-refractivity contribution in [1.82, 2.24) is 15.1 Å². The van der Waals surface area contributed by atoms with Crippen molar-refractivity contribution in [3.05, 3.63) is 0 Å². The molecule has 2 amide bonds. The molecule has 2 aliphatic heterocycles. The van der Waals surface area contributed by atoms with Crippen LogP contribution >= 0.6 is 0 Å². The minimum Gasteiger partial charge on any atom is -0.396 e. The first-order valence-electron chi connectivity index (χ1n) is 5.15. The number of urea groups is 1. The fourth-order valence-corrected chi connectivity index (χ4v) is 1.96. The summed E-state index contributed by atoms with van der Waals surface area (Å²) in [5, 5.41) is 11.6. The second-order valence-electron chi connectivity index (χ2n) is 4.03. The molecule has 0 bridgehead atoms. The molecule has 14 heavy (non-hydrogen) atoms. The van der Waals surface area contributed by atoms with Crippen LogP contribution in [0.15, 0.2) is 0 Å². The second-order valence-corrected chi connectivity index (χ2v) is 4.03. The highest BCUT2D eigenvalue weighted by atomic mass is 16.3. The summed E-state index contributed by atoms with van der Waals surface area (Å²) in [6, 6.07) is 0.0595. The summed E-state index contributed by atoms with van der Waals surface area (Å²) < 4.78 is 0. The predicted molar refractivity (Wildman–Crippen MR) is 52.0 cm³/mol. The normalized spacial score (nSPS) is 23.8. The maximum absolute atomic E-state index is 11.2. The fraction of sp³-hybridized carbons (Fsp3) is 0.889. The Morgan fingerprint density at radius 1 is 1.43 bits per heavy atom. The van der Waals surface area contributed by atoms with Crippen molar-refractivity contribution in [2.75, 3.05) is 45.9 Å². The van der Waals surface area contributed by atoms with E-state index in [0.29, 0.717) is 12.5 Å². The molecule has 5 nitrogen and oxygen atoms in total. The molecule has 0 unspecified atom stereocenters. The molecule has 0 aromatic rings. The van der Waals surface area contributed by atoms with Crippen LogP contribution in [0.25, 0.3) is 0 Å². The number of hydrogen-bond acceptors (Lipinski definition) is 3. The Balaban J connectivity index is 1.61. The second kappa shape index (κ2) is 4.14. The largest absolute Gasteiger partial charge is 0.396 e. The van der Waals surface area contributed by atoms with E-state index in [1.807, 2.05) is 4.90 Å². The average molecular weight is 199 g/mol. The number of aliphatic hydroxyl groups excluding tert-OH is 1. The molecule has 2 fully saturated rings. The SMILES string of the molecule is O=C1NCCN1CCN1CC(CO)C1. The van der Waals surface area contributed by atoms with E-state index in [0.717, 1.165) is 39.3 Å². The third kappa shape index (κ3) is 1.99. The maximum Gasteiger partial charge on any atom is 0.317 e. The van der Waals surface area contributed by atoms with Gasteiger partial charge in [0.1, 0.15) is 0 Å². The van der Waals surface area contributed by atoms with Gasteiger partial charge in [0.05, 0.1) is 0 Å². The van der Waals surface area contributed by atoms with E-state index in [1.54, 1.807) is 0 Å². The molecule has 0 radical (unpaired) electrons. The van der Waals surface area contributed by atoms with Gasteiger partial charge in [-0.3, -0.25) is 0 Å². The van der Waals surface area contributed by atoms with E-state index >= 15 is 0 Å². The molecule has 5 heteroatoms. The highest BCUT2D eigenvalue weighted by molar-refractivity contribution is 5.76. The number of nitrogens with one attached hydrogen (secondary N) is 1. The van der Waals surface area contributed by atoms with Crippen LogP contribution in [0.3, 0.4) is 0 Å². The molecule has 0 aliphatic carbocycles. The van der Waals surface area contributed by atoms with Crippen LogP contribution in [0.4, 0.5) is 4.79 Å². The van der Waals surface area contributed by atoms with Gasteiger partial charge >= 0.3 is 6.03 Å². The van der Waals surface area contributed by atoms with Gasteiger partial charge in [-0.2, -0.15) is 0 Å². The van der Waals surface area contributed by atoms with Crippen molar-refractivity contribution in [2.24, 2.45) is 5.92 Å². The number of amides is 2. The van der Waals surface area contributed by atoms with Crippen molar-refractivity contribution in [3.63, 3.8) is 0 Å². The van der Waals surface area contributed by atoms with Gasteiger partial charge in [0, 0.05) is 51.8 Å². The number of nitrogens with zero attached hydrogens (tertiary/aromatic N) is 2. The molecule has 2 rings (SSSR count). The quantitative estimate of drug-likeness (QED) is 0.606. The molecule has 0 aromatic heterocycles. The van der Waals surface area contributed by atoms with Gasteiger partial charge in [-0.25, -0.2) is 4.79 Å². The van der Waals surface area contributed by atoms with E-state index in [2.05, 4.69) is 10.2 Å². The summed E-state index contributed by atoms with van der Waals surface area (Å²) in [6.07, 6.45) is 0. The molecule has 2 aliphatic rings. The highest BCUT2D eigenvalue weighted by Gasteiger charge is 2.27. The minimum atomic E-state index is 0.0595. The van der Waals surface area contributed by atoms with Crippen LogP contribution < -0.4 is 5.32 Å². The first-order chi connectivity index (χ1) is 6.79. The first-order valence-corrected chi connectivity index (χ1v) is 5.15. The zero-order valence-electron chi connectivity index (χ0n) is 8.28. The monoisotopic (exact) mass is 199 g/mol. The Kier molecular flexibility index (Phi) is 2.88. The van der Waals surface area contributed by atoms with Crippen molar-refractivity contribution >= 4 is 6.03 Å². The summed E-state index contributed by atoms with van der Waals surface area (Å²) in [4.78, 5) is 15.3. The van der Waals surface area contributed by atoms with E-state index in [-0.39, 0.29) is 6.03 Å². The van der Waals surface area contributed by atoms with Crippen LogP contribution in [0.5, 0.6) is 0 Å². The number of carbonyl (C=O) groups is 1. The van der Waals surface area contributed by atoms with Crippen molar-refractivity contribution in [2.45, 2.75) is 0 Å². The summed E-state index contributed by atoms with van der Waals surface area (Å²) in [6.45, 7) is 5.60. The molecule has 2 N–H and O–H groups in total. The van der Waals surface area contributed by atoms with Crippen LogP contribution in [0.1, 0.15) is 0 Å². The van der Waals surface area contributed by atoms with Gasteiger partial charge in [-0.15, -0.1) is 0 Å². The molecular formula is C9H17N3O2. The van der Waals surface area contributed by atoms with Gasteiger partial charge < -0.3 is 20.2 Å². The molecule has 0 spiro atoms. The van der Waals surface area contributed by atoms with Crippen molar-refractivity contribution < 1.29 is 9.90 Å². The lowest BCUT2D eigenvalue weighted by Gasteiger charge is -2.38. The predicted octanol–water partition coefficient (Wildman–Crippen LogP) is -1.06. The molecule has 2 heterocycles. The Bertz CT molecular complexity index is 216. The molecule has 2 saturated heterocycles. The fourth-order valence-electron chi connectivity index (χ4n) is 1.96. The van der Waals surface area contributed by atoms with Crippen LogP contribution in [-0.4, -0.2) is 66.8 Å². The minimum absolute atomic E-state index is 0.0595. The Morgan fingerprint density at radius 3 is 2.79 bits per heavy atom. The standard InChI is InChI=1S/C9H17N3O2/c13-7-8-5-11(6-8)3-4-12-2-1-10-9(12)14/h8,13H,1-7H2,(H,10,14). The van der Waals surface area contributed by atoms with Gasteiger partial charge in [0.2, 0.25) is 0 Å². The highest BCUT2D eigenvalue weighted by Crippen LogP contribution is 2.13. The lowest BCUT2D eigenvalue weighted by molar-refractivity contribution is 0.0497. The summed E-state index contributed by atoms with van der Waals surface area (Å²) in [5.74, 6) is 0.461. The average Bonchev–Trinajstić information content (AvgIpc) is 2.49. The van der Waals surface area contributed by atoms with Crippen molar-refractivity contribution in [1.29, 1.82) is 0 Å². The molecule has 0 saturated carbocycles. The van der Waals surface area contributed by atoms with E-state index in [1.165, 1.54) is 0 Å². The number of hydrogen-bond donors (Lipinski definition) is 2. The van der Waals surface area contributed by atoms with Gasteiger partial charge in [-0.1, -0.05) is 0 Å². The zero-order chi connectivity index (χ0) is 9.97. The van der Waals surface area contributed by atoms with Gasteiger partial charge in [0.15, 0.2) is 0 Å². The summed E-state index contributed by atoms with van der Waals surface area (Å²) in [7, 11) is 0. The zero-order valence-corrected chi connectivity index (χ0v) is 8.28.